The fourth-order valence-corrected chi connectivity index (χ4v) is 2.62. The molecule has 0 bridgehead atoms. The molecule has 0 unspecified atom stereocenters. The van der Waals surface area contributed by atoms with E-state index < -0.39 is 0 Å². The highest BCUT2D eigenvalue weighted by Crippen LogP contribution is 2.27. The van der Waals surface area contributed by atoms with Crippen LogP contribution < -0.4 is 9.22 Å². The predicted molar refractivity (Wildman–Crippen MR) is 82.2 cm³/mol. The summed E-state index contributed by atoms with van der Waals surface area (Å²) in [6.07, 6.45) is 3.14. The molecule has 0 aromatic heterocycles. The molecule has 1 amide bonds. The minimum Gasteiger partial charge on any atom is -0.410 e. The molecule has 1 aliphatic heterocycles. The number of hydrogen-bond acceptors (Lipinski definition) is 2. The number of ether oxygens (including phenoxy) is 1. The minimum absolute atomic E-state index is 0.221. The predicted octanol–water partition coefficient (Wildman–Crippen LogP) is 3.18. The van der Waals surface area contributed by atoms with Crippen molar-refractivity contribution in [3.05, 3.63) is 23.8 Å². The molecular formula is C16H25N2O2+. The van der Waals surface area contributed by atoms with Gasteiger partial charge in [0.2, 0.25) is 0 Å². The minimum atomic E-state index is -0.221. The lowest BCUT2D eigenvalue weighted by Crippen LogP contribution is -2.38. The van der Waals surface area contributed by atoms with Crippen LogP contribution in [0.4, 0.5) is 10.5 Å². The van der Waals surface area contributed by atoms with Gasteiger partial charge in [-0.05, 0) is 38.3 Å². The average Bonchev–Trinajstić information content (AvgIpc) is 2.40. The Kier molecular flexibility index (Phi) is 4.33. The zero-order valence-electron chi connectivity index (χ0n) is 13.0. The van der Waals surface area contributed by atoms with Crippen molar-refractivity contribution >= 4 is 11.8 Å². The van der Waals surface area contributed by atoms with E-state index in [1.54, 1.807) is 4.90 Å². The van der Waals surface area contributed by atoms with Gasteiger partial charge >= 0.3 is 6.09 Å². The zero-order chi connectivity index (χ0) is 14.8. The molecule has 110 valence electrons. The second kappa shape index (κ2) is 5.83. The Morgan fingerprint density at radius 3 is 2.40 bits per heavy atom. The second-order valence-electron chi connectivity index (χ2n) is 6.38. The van der Waals surface area contributed by atoms with Gasteiger partial charge in [0, 0.05) is 24.7 Å². The number of likely N-dealkylation sites (tertiary alicyclic amines) is 1. The van der Waals surface area contributed by atoms with E-state index in [0.29, 0.717) is 10.2 Å². The largest absolute Gasteiger partial charge is 0.415 e. The Labute approximate surface area is 121 Å². The van der Waals surface area contributed by atoms with Crippen LogP contribution in [0.25, 0.3) is 0 Å². The summed E-state index contributed by atoms with van der Waals surface area (Å²) in [6, 6.07) is 5.85. The van der Waals surface area contributed by atoms with Crippen molar-refractivity contribution < 1.29 is 9.53 Å². The van der Waals surface area contributed by atoms with Crippen molar-refractivity contribution in [3.8, 4) is 5.75 Å². The molecule has 0 saturated carbocycles. The molecule has 0 spiro atoms. The molecule has 0 aliphatic carbocycles. The van der Waals surface area contributed by atoms with Gasteiger partial charge in [-0.15, -0.1) is 0 Å². The summed E-state index contributed by atoms with van der Waals surface area (Å²) >= 11 is 0. The first-order valence-corrected chi connectivity index (χ1v) is 7.27. The summed E-state index contributed by atoms with van der Waals surface area (Å²) in [6.45, 7) is 3.70. The maximum absolute atomic E-state index is 12.1. The first-order valence-electron chi connectivity index (χ1n) is 7.27. The normalized spacial score (nSPS) is 16.1. The number of carbonyl (C=O) groups is 1. The molecule has 1 aromatic carbocycles. The van der Waals surface area contributed by atoms with Crippen LogP contribution in [0, 0.1) is 6.92 Å². The van der Waals surface area contributed by atoms with Crippen LogP contribution in [-0.2, 0) is 0 Å². The summed E-state index contributed by atoms with van der Waals surface area (Å²) in [5.41, 5.74) is 2.37. The van der Waals surface area contributed by atoms with Crippen LogP contribution in [0.5, 0.6) is 5.75 Å². The number of benzene rings is 1. The Bertz CT molecular complexity index is 486. The standard InChI is InChI=1S/C16H25N2O2/c1-13-8-9-14(12-15(13)18(2,3)4)20-16(19)17-10-6-5-7-11-17/h8-9,12H,5-7,10-11H2,1-4H3/q+1. The molecule has 1 fully saturated rings. The molecule has 2 rings (SSSR count). The third-order valence-electron chi connectivity index (χ3n) is 3.72. The fraction of sp³-hybridized carbons (Fsp3) is 0.562. The maximum Gasteiger partial charge on any atom is 0.415 e. The van der Waals surface area contributed by atoms with Crippen LogP contribution >= 0.6 is 0 Å². The first-order chi connectivity index (χ1) is 9.38. The van der Waals surface area contributed by atoms with Crippen molar-refractivity contribution in [3.63, 3.8) is 0 Å². The molecule has 1 aromatic rings. The smallest absolute Gasteiger partial charge is 0.410 e. The van der Waals surface area contributed by atoms with Gasteiger partial charge in [0.25, 0.3) is 0 Å². The zero-order valence-corrected chi connectivity index (χ0v) is 13.0. The molecular weight excluding hydrogens is 252 g/mol. The van der Waals surface area contributed by atoms with Gasteiger partial charge in [0.15, 0.2) is 0 Å². The van der Waals surface area contributed by atoms with Crippen LogP contribution in [0.2, 0.25) is 0 Å². The van der Waals surface area contributed by atoms with Crippen molar-refractivity contribution in [1.29, 1.82) is 0 Å². The van der Waals surface area contributed by atoms with Crippen LogP contribution in [0.1, 0.15) is 24.8 Å². The average molecular weight is 277 g/mol. The van der Waals surface area contributed by atoms with E-state index in [4.69, 9.17) is 4.74 Å². The molecule has 1 aliphatic rings. The Balaban J connectivity index is 2.11. The van der Waals surface area contributed by atoms with Gasteiger partial charge in [0.05, 0.1) is 21.1 Å². The van der Waals surface area contributed by atoms with Crippen LogP contribution in [0.3, 0.4) is 0 Å². The summed E-state index contributed by atoms with van der Waals surface area (Å²) in [5.74, 6) is 0.634. The topological polar surface area (TPSA) is 29.5 Å². The van der Waals surface area contributed by atoms with Crippen molar-refractivity contribution in [2.24, 2.45) is 0 Å². The molecule has 0 radical (unpaired) electrons. The summed E-state index contributed by atoms with van der Waals surface area (Å²) in [4.78, 5) is 13.9. The monoisotopic (exact) mass is 277 g/mol. The van der Waals surface area contributed by atoms with Crippen LogP contribution in [0.15, 0.2) is 18.2 Å². The number of quaternary nitrogens is 1. The number of nitrogens with zero attached hydrogens (tertiary/aromatic N) is 2. The highest BCUT2D eigenvalue weighted by molar-refractivity contribution is 5.71. The quantitative estimate of drug-likeness (QED) is 0.777. The van der Waals surface area contributed by atoms with Crippen molar-refractivity contribution in [1.82, 2.24) is 9.38 Å². The van der Waals surface area contributed by atoms with Gasteiger partial charge in [-0.2, -0.15) is 0 Å². The number of piperidine rings is 1. The van der Waals surface area contributed by atoms with Crippen molar-refractivity contribution in [2.45, 2.75) is 26.2 Å². The number of carbonyl (C=O) groups excluding carboxylic acids is 1. The SMILES string of the molecule is Cc1ccc(OC(=O)N2CCCCC2)cc1[N+](C)(C)C. The van der Waals surface area contributed by atoms with Crippen LogP contribution in [-0.4, -0.2) is 45.2 Å². The fourth-order valence-electron chi connectivity index (χ4n) is 2.62. The molecule has 1 heterocycles. The van der Waals surface area contributed by atoms with Gasteiger partial charge in [-0.3, -0.25) is 4.48 Å². The van der Waals surface area contributed by atoms with E-state index in [-0.39, 0.29) is 6.09 Å². The van der Waals surface area contributed by atoms with E-state index in [2.05, 4.69) is 28.1 Å². The molecule has 1 saturated heterocycles. The Morgan fingerprint density at radius 2 is 1.80 bits per heavy atom. The number of hydrogen-bond donors (Lipinski definition) is 0. The van der Waals surface area contributed by atoms with E-state index in [1.165, 1.54) is 12.0 Å². The third-order valence-corrected chi connectivity index (χ3v) is 3.72. The summed E-state index contributed by atoms with van der Waals surface area (Å²) < 4.78 is 6.23. The molecule has 4 heteroatoms. The van der Waals surface area contributed by atoms with Gasteiger partial charge < -0.3 is 9.64 Å². The van der Waals surface area contributed by atoms with Crippen molar-refractivity contribution in [2.75, 3.05) is 34.2 Å². The highest BCUT2D eigenvalue weighted by atomic mass is 16.6. The van der Waals surface area contributed by atoms with Gasteiger partial charge in [0.1, 0.15) is 11.4 Å². The lowest BCUT2D eigenvalue weighted by Gasteiger charge is -2.27. The highest BCUT2D eigenvalue weighted by Gasteiger charge is 2.21. The van der Waals surface area contributed by atoms with E-state index in [0.717, 1.165) is 31.6 Å². The van der Waals surface area contributed by atoms with E-state index in [9.17, 15) is 4.79 Å². The van der Waals surface area contributed by atoms with E-state index in [1.807, 2.05) is 18.2 Å². The maximum atomic E-state index is 12.1. The Hall–Kier alpha value is -1.55. The number of aryl methyl sites for hydroxylation is 1. The number of amides is 1. The summed E-state index contributed by atoms with van der Waals surface area (Å²) in [7, 11) is 6.33. The Morgan fingerprint density at radius 1 is 1.15 bits per heavy atom. The first kappa shape index (κ1) is 14.9. The molecule has 20 heavy (non-hydrogen) atoms. The number of rotatable bonds is 2. The summed E-state index contributed by atoms with van der Waals surface area (Å²) in [5, 5.41) is 0. The van der Waals surface area contributed by atoms with Gasteiger partial charge in [-0.25, -0.2) is 4.79 Å². The molecule has 0 N–H and O–H groups in total. The molecule has 4 nitrogen and oxygen atoms in total. The third kappa shape index (κ3) is 3.51. The lowest BCUT2D eigenvalue weighted by atomic mass is 10.1. The van der Waals surface area contributed by atoms with Gasteiger partial charge in [-0.1, -0.05) is 0 Å². The molecule has 0 atom stereocenters. The second-order valence-corrected chi connectivity index (χ2v) is 6.38. The lowest BCUT2D eigenvalue weighted by molar-refractivity contribution is 0.142. The van der Waals surface area contributed by atoms with E-state index >= 15 is 0 Å².